The Balaban J connectivity index is 2.96. The Labute approximate surface area is 70.7 Å². The van der Waals surface area contributed by atoms with Crippen molar-refractivity contribution in [2.24, 2.45) is 11.7 Å². The van der Waals surface area contributed by atoms with Gasteiger partial charge in [0.15, 0.2) is 0 Å². The van der Waals surface area contributed by atoms with E-state index in [-0.39, 0.29) is 0 Å². The van der Waals surface area contributed by atoms with Crippen molar-refractivity contribution in [2.75, 3.05) is 24.1 Å². The lowest BCUT2D eigenvalue weighted by molar-refractivity contribution is 0.927. The maximum Gasteiger partial charge on any atom is 0.147 e. The van der Waals surface area contributed by atoms with Gasteiger partial charge >= 0.3 is 0 Å². The van der Waals surface area contributed by atoms with E-state index >= 15 is 0 Å². The second-order valence-corrected chi connectivity index (χ2v) is 2.46. The SMILES string of the molecule is CN(N)c1cc(N(C)N)ncn1. The molecule has 12 heavy (non-hydrogen) atoms. The van der Waals surface area contributed by atoms with Crippen molar-refractivity contribution in [1.29, 1.82) is 0 Å². The van der Waals surface area contributed by atoms with Crippen LogP contribution in [0.15, 0.2) is 12.4 Å². The van der Waals surface area contributed by atoms with Crippen LogP contribution in [0.25, 0.3) is 0 Å². The highest BCUT2D eigenvalue weighted by atomic mass is 15.4. The zero-order chi connectivity index (χ0) is 9.14. The summed E-state index contributed by atoms with van der Waals surface area (Å²) in [5, 5.41) is 2.80. The Morgan fingerprint density at radius 2 is 1.50 bits per heavy atom. The third-order valence-electron chi connectivity index (χ3n) is 1.36. The molecule has 1 aromatic heterocycles. The minimum absolute atomic E-state index is 0.623. The summed E-state index contributed by atoms with van der Waals surface area (Å²) < 4.78 is 0. The van der Waals surface area contributed by atoms with Gasteiger partial charge in [0, 0.05) is 20.2 Å². The molecule has 0 bridgehead atoms. The van der Waals surface area contributed by atoms with Crippen molar-refractivity contribution in [3.05, 3.63) is 12.4 Å². The number of rotatable bonds is 2. The summed E-state index contributed by atoms with van der Waals surface area (Å²) in [5.41, 5.74) is 0. The molecule has 1 aromatic rings. The lowest BCUT2D eigenvalue weighted by atomic mass is 10.5. The molecular weight excluding hydrogens is 156 g/mol. The third kappa shape index (κ3) is 1.80. The Bertz CT molecular complexity index is 235. The first-order chi connectivity index (χ1) is 5.61. The van der Waals surface area contributed by atoms with Crippen molar-refractivity contribution < 1.29 is 0 Å². The van der Waals surface area contributed by atoms with Crippen LogP contribution in [-0.4, -0.2) is 24.1 Å². The molecule has 0 fully saturated rings. The van der Waals surface area contributed by atoms with Gasteiger partial charge in [-0.3, -0.25) is 10.0 Å². The molecule has 0 saturated carbocycles. The molecule has 0 aliphatic rings. The number of hydrogen-bond donors (Lipinski definition) is 2. The normalized spacial score (nSPS) is 9.67. The summed E-state index contributed by atoms with van der Waals surface area (Å²) in [6.07, 6.45) is 1.41. The van der Waals surface area contributed by atoms with Crippen LogP contribution in [0.4, 0.5) is 11.6 Å². The van der Waals surface area contributed by atoms with Crippen LogP contribution in [0.3, 0.4) is 0 Å². The summed E-state index contributed by atoms with van der Waals surface area (Å²) in [6.45, 7) is 0. The fourth-order valence-corrected chi connectivity index (χ4v) is 0.723. The first-order valence-electron chi connectivity index (χ1n) is 3.40. The first-order valence-corrected chi connectivity index (χ1v) is 3.40. The van der Waals surface area contributed by atoms with Crippen molar-refractivity contribution in [2.45, 2.75) is 0 Å². The summed E-state index contributed by atoms with van der Waals surface area (Å²) >= 11 is 0. The number of anilines is 2. The Kier molecular flexibility index (Phi) is 2.41. The molecule has 6 heteroatoms. The highest BCUT2D eigenvalue weighted by Crippen LogP contribution is 2.10. The molecule has 66 valence electrons. The van der Waals surface area contributed by atoms with Crippen molar-refractivity contribution in [1.82, 2.24) is 9.97 Å². The van der Waals surface area contributed by atoms with E-state index in [1.165, 1.54) is 16.3 Å². The van der Waals surface area contributed by atoms with E-state index in [9.17, 15) is 0 Å². The van der Waals surface area contributed by atoms with E-state index in [1.807, 2.05) is 0 Å². The van der Waals surface area contributed by atoms with Crippen LogP contribution in [0.5, 0.6) is 0 Å². The molecule has 0 spiro atoms. The van der Waals surface area contributed by atoms with E-state index in [4.69, 9.17) is 11.7 Å². The highest BCUT2D eigenvalue weighted by molar-refractivity contribution is 5.47. The first kappa shape index (κ1) is 8.69. The van der Waals surface area contributed by atoms with Gasteiger partial charge in [0.25, 0.3) is 0 Å². The molecule has 0 unspecified atom stereocenters. The van der Waals surface area contributed by atoms with E-state index < -0.39 is 0 Å². The predicted molar refractivity (Wildman–Crippen MR) is 47.2 cm³/mol. The molecule has 0 aromatic carbocycles. The molecule has 0 amide bonds. The lowest BCUT2D eigenvalue weighted by Gasteiger charge is -2.14. The van der Waals surface area contributed by atoms with Crippen molar-refractivity contribution in [3.8, 4) is 0 Å². The van der Waals surface area contributed by atoms with E-state index in [1.54, 1.807) is 20.2 Å². The molecule has 0 aliphatic carbocycles. The maximum atomic E-state index is 5.47. The standard InChI is InChI=1S/C6H12N6/c1-11(7)5-3-6(12(2)8)10-4-9-5/h3-4H,7-8H2,1-2H3. The van der Waals surface area contributed by atoms with Gasteiger partial charge in [-0.05, 0) is 0 Å². The van der Waals surface area contributed by atoms with E-state index in [2.05, 4.69) is 9.97 Å². The molecule has 6 nitrogen and oxygen atoms in total. The van der Waals surface area contributed by atoms with E-state index in [0.29, 0.717) is 11.6 Å². The Morgan fingerprint density at radius 3 is 1.83 bits per heavy atom. The van der Waals surface area contributed by atoms with Crippen LogP contribution in [-0.2, 0) is 0 Å². The van der Waals surface area contributed by atoms with Crippen LogP contribution < -0.4 is 21.7 Å². The van der Waals surface area contributed by atoms with Crippen LogP contribution in [0.2, 0.25) is 0 Å². The average molecular weight is 168 g/mol. The second-order valence-electron chi connectivity index (χ2n) is 2.46. The predicted octanol–water partition coefficient (Wildman–Crippen LogP) is -0.904. The van der Waals surface area contributed by atoms with Gasteiger partial charge < -0.3 is 0 Å². The van der Waals surface area contributed by atoms with Gasteiger partial charge in [0.05, 0.1) is 0 Å². The fourth-order valence-electron chi connectivity index (χ4n) is 0.723. The summed E-state index contributed by atoms with van der Waals surface area (Å²) in [6, 6.07) is 1.69. The minimum Gasteiger partial charge on any atom is -0.298 e. The van der Waals surface area contributed by atoms with Gasteiger partial charge in [-0.15, -0.1) is 0 Å². The molecule has 0 radical (unpaired) electrons. The number of nitrogens with zero attached hydrogens (tertiary/aromatic N) is 4. The summed E-state index contributed by atoms with van der Waals surface area (Å²) in [7, 11) is 3.39. The number of nitrogens with two attached hydrogens (primary N) is 2. The average Bonchev–Trinajstić information content (AvgIpc) is 2.04. The second kappa shape index (κ2) is 3.33. The number of hydrogen-bond acceptors (Lipinski definition) is 6. The summed E-state index contributed by atoms with van der Waals surface area (Å²) in [5.74, 6) is 12.2. The monoisotopic (exact) mass is 168 g/mol. The van der Waals surface area contributed by atoms with Gasteiger partial charge in [-0.2, -0.15) is 0 Å². The zero-order valence-corrected chi connectivity index (χ0v) is 7.10. The molecule has 0 aliphatic heterocycles. The van der Waals surface area contributed by atoms with Gasteiger partial charge in [0.2, 0.25) is 0 Å². The number of hydrazine groups is 2. The Hall–Kier alpha value is -1.40. The smallest absolute Gasteiger partial charge is 0.147 e. The molecule has 0 saturated heterocycles. The third-order valence-corrected chi connectivity index (χ3v) is 1.36. The van der Waals surface area contributed by atoms with Crippen molar-refractivity contribution >= 4 is 11.6 Å². The van der Waals surface area contributed by atoms with Crippen LogP contribution in [0.1, 0.15) is 0 Å². The van der Waals surface area contributed by atoms with Crippen molar-refractivity contribution in [3.63, 3.8) is 0 Å². The van der Waals surface area contributed by atoms with E-state index in [0.717, 1.165) is 0 Å². The zero-order valence-electron chi connectivity index (χ0n) is 7.10. The van der Waals surface area contributed by atoms with Gasteiger partial charge in [-0.1, -0.05) is 0 Å². The molecule has 4 N–H and O–H groups in total. The lowest BCUT2D eigenvalue weighted by Crippen LogP contribution is -2.29. The molecular formula is C6H12N6. The van der Waals surface area contributed by atoms with Crippen LogP contribution in [0, 0.1) is 0 Å². The van der Waals surface area contributed by atoms with Crippen LogP contribution >= 0.6 is 0 Å². The molecule has 1 heterocycles. The molecule has 1 rings (SSSR count). The largest absolute Gasteiger partial charge is 0.298 e. The highest BCUT2D eigenvalue weighted by Gasteiger charge is 2.01. The number of aromatic nitrogens is 2. The Morgan fingerprint density at radius 1 is 1.08 bits per heavy atom. The fraction of sp³-hybridized carbons (Fsp3) is 0.333. The van der Waals surface area contributed by atoms with Gasteiger partial charge in [-0.25, -0.2) is 21.7 Å². The minimum atomic E-state index is 0.623. The summed E-state index contributed by atoms with van der Waals surface area (Å²) in [4.78, 5) is 7.86. The van der Waals surface area contributed by atoms with Gasteiger partial charge in [0.1, 0.15) is 18.0 Å². The molecule has 0 atom stereocenters. The topological polar surface area (TPSA) is 84.3 Å². The quantitative estimate of drug-likeness (QED) is 0.439. The maximum absolute atomic E-state index is 5.47.